The molecule has 6 nitrogen and oxygen atoms in total. The third-order valence-electron chi connectivity index (χ3n) is 4.83. The van der Waals surface area contributed by atoms with Crippen LogP contribution in [0.3, 0.4) is 0 Å². The Hall–Kier alpha value is -2.64. The van der Waals surface area contributed by atoms with Crippen molar-refractivity contribution in [1.82, 2.24) is 9.88 Å². The molecule has 0 aliphatic rings. The van der Waals surface area contributed by atoms with Crippen LogP contribution in [0.1, 0.15) is 27.2 Å². The third kappa shape index (κ3) is 3.89. The van der Waals surface area contributed by atoms with Gasteiger partial charge in [-0.15, -0.1) is 0 Å². The molecule has 0 aliphatic heterocycles. The van der Waals surface area contributed by atoms with Crippen molar-refractivity contribution in [3.8, 4) is 0 Å². The molecule has 0 fully saturated rings. The number of fused-ring (bicyclic) bond motifs is 1. The highest BCUT2D eigenvalue weighted by Crippen LogP contribution is 2.21. The Labute approximate surface area is 159 Å². The lowest BCUT2D eigenvalue weighted by molar-refractivity contribution is 0.0952. The van der Waals surface area contributed by atoms with Crippen molar-refractivity contribution in [3.63, 3.8) is 0 Å². The molecule has 27 heavy (non-hydrogen) atoms. The number of nitrogens with zero attached hydrogens (tertiary/aromatic N) is 1. The summed E-state index contributed by atoms with van der Waals surface area (Å²) < 4.78 is 25.7. The van der Waals surface area contributed by atoms with Gasteiger partial charge in [-0.25, -0.2) is 13.6 Å². The number of nitrogens with one attached hydrogen (secondary N) is 1. The Morgan fingerprint density at radius 2 is 1.81 bits per heavy atom. The normalized spacial score (nSPS) is 11.7. The number of para-hydroxylation sites is 1. The van der Waals surface area contributed by atoms with Gasteiger partial charge in [0, 0.05) is 29.9 Å². The first kappa shape index (κ1) is 19.1. The van der Waals surface area contributed by atoms with Crippen LogP contribution in [0.4, 0.5) is 0 Å². The molecule has 0 bridgehead atoms. The van der Waals surface area contributed by atoms with Crippen LogP contribution in [-0.4, -0.2) is 25.4 Å². The zero-order valence-corrected chi connectivity index (χ0v) is 16.4. The van der Waals surface area contributed by atoms with Gasteiger partial charge in [0.15, 0.2) is 0 Å². The highest BCUT2D eigenvalue weighted by atomic mass is 32.2. The molecule has 0 radical (unpaired) electrons. The molecule has 0 saturated heterocycles. The summed E-state index contributed by atoms with van der Waals surface area (Å²) in [6.45, 7) is 6.52. The van der Waals surface area contributed by atoms with E-state index in [1.54, 1.807) is 19.9 Å². The summed E-state index contributed by atoms with van der Waals surface area (Å²) >= 11 is 0. The summed E-state index contributed by atoms with van der Waals surface area (Å²) in [4.78, 5) is 12.5. The zero-order chi connectivity index (χ0) is 19.8. The predicted octanol–water partition coefficient (Wildman–Crippen LogP) is 2.64. The van der Waals surface area contributed by atoms with Crippen molar-refractivity contribution >= 4 is 26.8 Å². The summed E-state index contributed by atoms with van der Waals surface area (Å²) in [5.41, 5.74) is 3.79. The minimum atomic E-state index is -3.88. The smallest absolute Gasteiger partial charge is 0.251 e. The molecule has 0 unspecified atom stereocenters. The van der Waals surface area contributed by atoms with Crippen molar-refractivity contribution in [2.75, 3.05) is 6.54 Å². The lowest BCUT2D eigenvalue weighted by atomic mass is 10.1. The van der Waals surface area contributed by atoms with Crippen LogP contribution < -0.4 is 10.5 Å². The molecule has 0 aliphatic carbocycles. The Morgan fingerprint density at radius 1 is 1.11 bits per heavy atom. The average Bonchev–Trinajstić information content (AvgIpc) is 2.91. The van der Waals surface area contributed by atoms with Crippen molar-refractivity contribution in [3.05, 3.63) is 64.8 Å². The topological polar surface area (TPSA) is 94.2 Å². The van der Waals surface area contributed by atoms with Gasteiger partial charge in [0.25, 0.3) is 5.91 Å². The fourth-order valence-corrected chi connectivity index (χ4v) is 4.16. The molecule has 0 atom stereocenters. The molecule has 0 saturated carbocycles. The maximum atomic E-state index is 12.5. The number of nitrogens with two attached hydrogens (primary N) is 1. The maximum Gasteiger partial charge on any atom is 0.251 e. The van der Waals surface area contributed by atoms with E-state index in [1.165, 1.54) is 6.07 Å². The van der Waals surface area contributed by atoms with Gasteiger partial charge in [0.2, 0.25) is 10.0 Å². The number of sulfonamides is 1. The van der Waals surface area contributed by atoms with Crippen molar-refractivity contribution in [2.24, 2.45) is 5.14 Å². The number of carbonyl (C=O) groups excluding carboxylic acids is 1. The van der Waals surface area contributed by atoms with Gasteiger partial charge in [-0.3, -0.25) is 4.79 Å². The first-order valence-electron chi connectivity index (χ1n) is 8.65. The predicted molar refractivity (Wildman–Crippen MR) is 106 cm³/mol. The Morgan fingerprint density at radius 3 is 2.52 bits per heavy atom. The van der Waals surface area contributed by atoms with Crippen molar-refractivity contribution < 1.29 is 13.2 Å². The number of hydrogen-bond donors (Lipinski definition) is 2. The number of rotatable bonds is 5. The molecule has 1 heterocycles. The SMILES string of the molecule is Cc1cc(C(=O)NCCn2c(C)cc3ccccc32)cc(S(N)(=O)=O)c1C. The lowest BCUT2D eigenvalue weighted by Crippen LogP contribution is -2.28. The molecule has 3 aromatic rings. The number of benzene rings is 2. The lowest BCUT2D eigenvalue weighted by Gasteiger charge is -2.12. The second-order valence-electron chi connectivity index (χ2n) is 6.71. The van der Waals surface area contributed by atoms with Crippen LogP contribution in [0, 0.1) is 20.8 Å². The van der Waals surface area contributed by atoms with E-state index in [0.29, 0.717) is 24.2 Å². The monoisotopic (exact) mass is 385 g/mol. The molecule has 1 aromatic heterocycles. The van der Waals surface area contributed by atoms with E-state index in [4.69, 9.17) is 5.14 Å². The average molecular weight is 385 g/mol. The first-order chi connectivity index (χ1) is 12.7. The molecular formula is C20H23N3O3S. The van der Waals surface area contributed by atoms with E-state index >= 15 is 0 Å². The minimum absolute atomic E-state index is 0.0140. The van der Waals surface area contributed by atoms with Gasteiger partial charge in [0.05, 0.1) is 4.90 Å². The number of carbonyl (C=O) groups is 1. The summed E-state index contributed by atoms with van der Waals surface area (Å²) in [6.07, 6.45) is 0. The molecular weight excluding hydrogens is 362 g/mol. The number of hydrogen-bond acceptors (Lipinski definition) is 3. The highest BCUT2D eigenvalue weighted by Gasteiger charge is 2.17. The minimum Gasteiger partial charge on any atom is -0.350 e. The Kier molecular flexibility index (Phi) is 5.08. The van der Waals surface area contributed by atoms with Crippen LogP contribution in [0.2, 0.25) is 0 Å². The Bertz CT molecular complexity index is 1130. The molecule has 2 aromatic carbocycles. The molecule has 3 rings (SSSR count). The van der Waals surface area contributed by atoms with E-state index in [-0.39, 0.29) is 16.4 Å². The second-order valence-corrected chi connectivity index (χ2v) is 8.24. The van der Waals surface area contributed by atoms with Crippen LogP contribution in [0.15, 0.2) is 47.4 Å². The van der Waals surface area contributed by atoms with Crippen LogP contribution in [-0.2, 0) is 16.6 Å². The van der Waals surface area contributed by atoms with Gasteiger partial charge in [0.1, 0.15) is 0 Å². The highest BCUT2D eigenvalue weighted by molar-refractivity contribution is 7.89. The number of primary sulfonamides is 1. The van der Waals surface area contributed by atoms with E-state index in [2.05, 4.69) is 22.0 Å². The van der Waals surface area contributed by atoms with E-state index < -0.39 is 10.0 Å². The summed E-state index contributed by atoms with van der Waals surface area (Å²) in [7, 11) is -3.88. The fraction of sp³-hybridized carbons (Fsp3) is 0.250. The standard InChI is InChI=1S/C20H23N3O3S/c1-13-10-17(12-19(15(13)3)27(21,25)26)20(24)22-8-9-23-14(2)11-16-6-4-5-7-18(16)23/h4-7,10-12H,8-9H2,1-3H3,(H,22,24)(H2,21,25,26). The molecule has 7 heteroatoms. The first-order valence-corrected chi connectivity index (χ1v) is 10.2. The number of aromatic nitrogens is 1. The third-order valence-corrected chi connectivity index (χ3v) is 5.86. The maximum absolute atomic E-state index is 12.5. The largest absolute Gasteiger partial charge is 0.350 e. The zero-order valence-electron chi connectivity index (χ0n) is 15.6. The molecule has 1 amide bonds. The molecule has 3 N–H and O–H groups in total. The van der Waals surface area contributed by atoms with Crippen LogP contribution in [0.5, 0.6) is 0 Å². The van der Waals surface area contributed by atoms with Gasteiger partial charge >= 0.3 is 0 Å². The van der Waals surface area contributed by atoms with Gasteiger partial charge in [-0.2, -0.15) is 0 Å². The summed E-state index contributed by atoms with van der Waals surface area (Å²) in [6, 6.07) is 13.2. The fourth-order valence-electron chi connectivity index (χ4n) is 3.28. The van der Waals surface area contributed by atoms with Crippen LogP contribution >= 0.6 is 0 Å². The van der Waals surface area contributed by atoms with Crippen LogP contribution in [0.25, 0.3) is 10.9 Å². The number of aryl methyl sites for hydroxylation is 2. The summed E-state index contributed by atoms with van der Waals surface area (Å²) in [5, 5.41) is 9.29. The van der Waals surface area contributed by atoms with Crippen molar-refractivity contribution in [1.29, 1.82) is 0 Å². The van der Waals surface area contributed by atoms with E-state index in [0.717, 1.165) is 16.6 Å². The number of amides is 1. The van der Waals surface area contributed by atoms with E-state index in [1.807, 2.05) is 25.1 Å². The molecule has 0 spiro atoms. The van der Waals surface area contributed by atoms with Gasteiger partial charge in [-0.1, -0.05) is 18.2 Å². The van der Waals surface area contributed by atoms with E-state index in [9.17, 15) is 13.2 Å². The summed E-state index contributed by atoms with van der Waals surface area (Å²) in [5.74, 6) is -0.322. The van der Waals surface area contributed by atoms with Crippen molar-refractivity contribution in [2.45, 2.75) is 32.2 Å². The van der Waals surface area contributed by atoms with Gasteiger partial charge < -0.3 is 9.88 Å². The molecule has 142 valence electrons. The quantitative estimate of drug-likeness (QED) is 0.707. The Balaban J connectivity index is 1.77. The second kappa shape index (κ2) is 7.17. The van der Waals surface area contributed by atoms with Gasteiger partial charge in [-0.05, 0) is 61.5 Å².